The molecule has 1 atom stereocenters. The molecule has 1 aromatic carbocycles. The Bertz CT molecular complexity index is 429. The largest absolute Gasteiger partial charge is 0.366 e. The fourth-order valence-electron chi connectivity index (χ4n) is 1.88. The zero-order chi connectivity index (χ0) is 12.4. The molecule has 1 aromatic rings. The monoisotopic (exact) mass is 252 g/mol. The number of benzene rings is 1. The molecule has 1 amide bonds. The van der Waals surface area contributed by atoms with Crippen molar-refractivity contribution in [1.29, 1.82) is 0 Å². The Morgan fingerprint density at radius 2 is 2.29 bits per heavy atom. The second-order valence-corrected chi connectivity index (χ2v) is 5.08. The maximum Gasteiger partial charge on any atom is 0.248 e. The van der Waals surface area contributed by atoms with Gasteiger partial charge in [-0.2, -0.15) is 0 Å². The van der Waals surface area contributed by atoms with Crippen LogP contribution in [0.25, 0.3) is 0 Å². The molecule has 92 valence electrons. The molecule has 0 aromatic heterocycles. The van der Waals surface area contributed by atoms with Gasteiger partial charge in [0.1, 0.15) is 0 Å². The third kappa shape index (κ3) is 3.20. The van der Waals surface area contributed by atoms with E-state index >= 15 is 0 Å². The van der Waals surface area contributed by atoms with Crippen molar-refractivity contribution in [2.45, 2.75) is 32.4 Å². The number of hydrogen-bond acceptors (Lipinski definition) is 2. The smallest absolute Gasteiger partial charge is 0.248 e. The van der Waals surface area contributed by atoms with Crippen LogP contribution in [0.15, 0.2) is 18.2 Å². The average molecular weight is 253 g/mol. The van der Waals surface area contributed by atoms with Gasteiger partial charge in [-0.15, -0.1) is 0 Å². The van der Waals surface area contributed by atoms with E-state index in [9.17, 15) is 4.79 Å². The van der Waals surface area contributed by atoms with E-state index < -0.39 is 5.91 Å². The number of nitrogens with one attached hydrogen (secondary N) is 1. The van der Waals surface area contributed by atoms with Gasteiger partial charge in [0.15, 0.2) is 0 Å². The summed E-state index contributed by atoms with van der Waals surface area (Å²) < 4.78 is 0. The number of nitrogens with two attached hydrogens (primary N) is 1. The van der Waals surface area contributed by atoms with Gasteiger partial charge in [0, 0.05) is 23.2 Å². The van der Waals surface area contributed by atoms with Crippen LogP contribution >= 0.6 is 11.6 Å². The fourth-order valence-corrected chi connectivity index (χ4v) is 2.13. The molecule has 0 spiro atoms. The third-order valence-electron chi connectivity index (χ3n) is 3.28. The van der Waals surface area contributed by atoms with E-state index in [1.54, 1.807) is 12.1 Å². The van der Waals surface area contributed by atoms with Gasteiger partial charge in [-0.3, -0.25) is 4.79 Å². The van der Waals surface area contributed by atoms with Crippen molar-refractivity contribution in [2.75, 3.05) is 0 Å². The Hall–Kier alpha value is -1.06. The Morgan fingerprint density at radius 3 is 2.82 bits per heavy atom. The van der Waals surface area contributed by atoms with Crippen LogP contribution < -0.4 is 11.1 Å². The van der Waals surface area contributed by atoms with Crippen molar-refractivity contribution in [1.82, 2.24) is 5.32 Å². The van der Waals surface area contributed by atoms with Crippen molar-refractivity contribution in [2.24, 2.45) is 11.7 Å². The molecule has 3 nitrogen and oxygen atoms in total. The lowest BCUT2D eigenvalue weighted by atomic mass is 10.1. The molecule has 0 radical (unpaired) electrons. The first-order valence-corrected chi connectivity index (χ1v) is 6.27. The maximum atomic E-state index is 11.0. The van der Waals surface area contributed by atoms with E-state index in [2.05, 4.69) is 12.2 Å². The molecule has 3 N–H and O–H groups in total. The van der Waals surface area contributed by atoms with Crippen LogP contribution in [0.1, 0.15) is 35.7 Å². The summed E-state index contributed by atoms with van der Waals surface area (Å²) in [4.78, 5) is 11.0. The molecule has 1 aliphatic rings. The summed E-state index contributed by atoms with van der Waals surface area (Å²) >= 11 is 6.10. The first-order chi connectivity index (χ1) is 8.08. The summed E-state index contributed by atoms with van der Waals surface area (Å²) in [5.41, 5.74) is 6.65. The molecule has 0 aliphatic heterocycles. The molecular weight excluding hydrogens is 236 g/mol. The second kappa shape index (κ2) is 5.07. The van der Waals surface area contributed by atoms with Gasteiger partial charge < -0.3 is 11.1 Å². The van der Waals surface area contributed by atoms with Crippen molar-refractivity contribution < 1.29 is 4.79 Å². The first kappa shape index (κ1) is 12.4. The summed E-state index contributed by atoms with van der Waals surface area (Å²) in [5.74, 6) is 0.372. The van der Waals surface area contributed by atoms with Crippen LogP contribution in [0.4, 0.5) is 0 Å². The number of amides is 1. The molecule has 17 heavy (non-hydrogen) atoms. The van der Waals surface area contributed by atoms with Crippen molar-refractivity contribution >= 4 is 17.5 Å². The SMILES string of the molecule is CC(NCc1ccc(C(N)=O)cc1Cl)C1CC1. The molecule has 0 bridgehead atoms. The van der Waals surface area contributed by atoms with Crippen LogP contribution in [0.3, 0.4) is 0 Å². The summed E-state index contributed by atoms with van der Waals surface area (Å²) in [6, 6.07) is 5.73. The standard InChI is InChI=1S/C13H17ClN2O/c1-8(9-2-3-9)16-7-11-5-4-10(13(15)17)6-12(11)14/h4-6,8-9,16H,2-3,7H2,1H3,(H2,15,17). The van der Waals surface area contributed by atoms with Gasteiger partial charge in [0.05, 0.1) is 0 Å². The Kier molecular flexibility index (Phi) is 3.69. The van der Waals surface area contributed by atoms with E-state index in [4.69, 9.17) is 17.3 Å². The molecule has 0 heterocycles. The summed E-state index contributed by atoms with van der Waals surface area (Å²) in [6.07, 6.45) is 2.64. The van der Waals surface area contributed by atoms with Gasteiger partial charge in [0.25, 0.3) is 0 Å². The lowest BCUT2D eigenvalue weighted by Gasteiger charge is -2.13. The molecule has 2 rings (SSSR count). The summed E-state index contributed by atoms with van der Waals surface area (Å²) in [7, 11) is 0. The van der Waals surface area contributed by atoms with Crippen molar-refractivity contribution in [3.63, 3.8) is 0 Å². The number of carbonyl (C=O) groups excluding carboxylic acids is 1. The van der Waals surface area contributed by atoms with Gasteiger partial charge in [0.2, 0.25) is 5.91 Å². The van der Waals surface area contributed by atoms with E-state index in [1.165, 1.54) is 12.8 Å². The highest BCUT2D eigenvalue weighted by Gasteiger charge is 2.27. The maximum absolute atomic E-state index is 11.0. The van der Waals surface area contributed by atoms with E-state index in [-0.39, 0.29) is 0 Å². The normalized spacial score (nSPS) is 16.8. The molecule has 0 saturated heterocycles. The lowest BCUT2D eigenvalue weighted by Crippen LogP contribution is -2.27. The van der Waals surface area contributed by atoms with Crippen LogP contribution in [0.5, 0.6) is 0 Å². The summed E-state index contributed by atoms with van der Waals surface area (Å²) in [5, 5.41) is 4.04. The third-order valence-corrected chi connectivity index (χ3v) is 3.63. The van der Waals surface area contributed by atoms with Crippen LogP contribution in [-0.2, 0) is 6.54 Å². The molecule has 1 saturated carbocycles. The van der Waals surface area contributed by atoms with Gasteiger partial charge in [-0.1, -0.05) is 17.7 Å². The molecule has 1 fully saturated rings. The van der Waals surface area contributed by atoms with Gasteiger partial charge >= 0.3 is 0 Å². The number of rotatable bonds is 5. The molecule has 1 unspecified atom stereocenters. The number of halogens is 1. The van der Waals surface area contributed by atoms with Crippen molar-refractivity contribution in [3.05, 3.63) is 34.3 Å². The number of primary amides is 1. The first-order valence-electron chi connectivity index (χ1n) is 5.89. The second-order valence-electron chi connectivity index (χ2n) is 4.68. The lowest BCUT2D eigenvalue weighted by molar-refractivity contribution is 0.100. The predicted octanol–water partition coefficient (Wildman–Crippen LogP) is 2.33. The van der Waals surface area contributed by atoms with Crippen LogP contribution in [-0.4, -0.2) is 11.9 Å². The van der Waals surface area contributed by atoms with Crippen LogP contribution in [0, 0.1) is 5.92 Å². The molecular formula is C13H17ClN2O. The predicted molar refractivity (Wildman–Crippen MR) is 69.0 cm³/mol. The minimum absolute atomic E-state index is 0.447. The Morgan fingerprint density at radius 1 is 1.59 bits per heavy atom. The highest BCUT2D eigenvalue weighted by Crippen LogP contribution is 2.32. The van der Waals surface area contributed by atoms with Gasteiger partial charge in [-0.25, -0.2) is 0 Å². The van der Waals surface area contributed by atoms with Gasteiger partial charge in [-0.05, 0) is 43.4 Å². The van der Waals surface area contributed by atoms with E-state index in [0.29, 0.717) is 16.6 Å². The number of carbonyl (C=O) groups is 1. The van der Waals surface area contributed by atoms with Crippen molar-refractivity contribution in [3.8, 4) is 0 Å². The van der Waals surface area contributed by atoms with Crippen LogP contribution in [0.2, 0.25) is 5.02 Å². The number of hydrogen-bond donors (Lipinski definition) is 2. The fraction of sp³-hybridized carbons (Fsp3) is 0.462. The topological polar surface area (TPSA) is 55.1 Å². The highest BCUT2D eigenvalue weighted by atomic mass is 35.5. The summed E-state index contributed by atoms with van der Waals surface area (Å²) in [6.45, 7) is 2.93. The average Bonchev–Trinajstić information content (AvgIpc) is 3.10. The van der Waals surface area contributed by atoms with E-state index in [1.807, 2.05) is 6.07 Å². The Labute approximate surface area is 106 Å². The zero-order valence-corrected chi connectivity index (χ0v) is 10.6. The zero-order valence-electron chi connectivity index (χ0n) is 9.87. The molecule has 4 heteroatoms. The highest BCUT2D eigenvalue weighted by molar-refractivity contribution is 6.31. The van der Waals surface area contributed by atoms with E-state index in [0.717, 1.165) is 18.0 Å². The quantitative estimate of drug-likeness (QED) is 0.845. The Balaban J connectivity index is 1.98. The molecule has 1 aliphatic carbocycles. The minimum Gasteiger partial charge on any atom is -0.366 e. The minimum atomic E-state index is -0.447.